The Kier molecular flexibility index (Phi) is 4.51. The minimum atomic E-state index is -0.893. The molecule has 0 spiro atoms. The fourth-order valence-electron chi connectivity index (χ4n) is 2.22. The summed E-state index contributed by atoms with van der Waals surface area (Å²) in [5.41, 5.74) is 0.844. The third kappa shape index (κ3) is 3.85. The van der Waals surface area contributed by atoms with Crippen LogP contribution in [0.1, 0.15) is 6.92 Å². The molecular weight excluding hydrogens is 334 g/mol. The van der Waals surface area contributed by atoms with Crippen molar-refractivity contribution in [3.05, 3.63) is 48.0 Å². The number of halogens is 2. The van der Waals surface area contributed by atoms with Gasteiger partial charge in [-0.25, -0.2) is 8.78 Å². The maximum atomic E-state index is 13.4. The Bertz CT molecular complexity index is 841. The molecule has 2 N–H and O–H groups in total. The van der Waals surface area contributed by atoms with E-state index in [1.165, 1.54) is 6.07 Å². The van der Waals surface area contributed by atoms with Crippen LogP contribution in [0, 0.1) is 11.6 Å². The Morgan fingerprint density at radius 2 is 2.08 bits per heavy atom. The normalized spacial score (nSPS) is 15.6. The lowest BCUT2D eigenvalue weighted by Crippen LogP contribution is -2.34. The van der Waals surface area contributed by atoms with Gasteiger partial charge in [-0.15, -0.1) is 0 Å². The molecule has 3 rings (SSSR count). The van der Waals surface area contributed by atoms with Crippen LogP contribution in [0.25, 0.3) is 0 Å². The smallest absolute Gasteiger partial charge is 0.265 e. The predicted molar refractivity (Wildman–Crippen MR) is 85.6 cm³/mol. The number of hydrogen-bond acceptors (Lipinski definition) is 4. The molecular formula is C17H14F2N2O4. The summed E-state index contributed by atoms with van der Waals surface area (Å²) in [6, 6.07) is 7.55. The van der Waals surface area contributed by atoms with Gasteiger partial charge in [0.25, 0.3) is 11.8 Å². The van der Waals surface area contributed by atoms with Gasteiger partial charge >= 0.3 is 0 Å². The molecule has 6 nitrogen and oxygen atoms in total. The molecule has 2 aromatic carbocycles. The summed E-state index contributed by atoms with van der Waals surface area (Å²) in [7, 11) is 0. The maximum absolute atomic E-state index is 13.4. The largest absolute Gasteiger partial charge is 0.481 e. The number of fused-ring (bicyclic) bond motifs is 1. The summed E-state index contributed by atoms with van der Waals surface area (Å²) < 4.78 is 36.7. The van der Waals surface area contributed by atoms with Crippen LogP contribution in [0.2, 0.25) is 0 Å². The number of carbonyl (C=O) groups is 2. The molecule has 0 saturated carbocycles. The Balaban J connectivity index is 1.61. The summed E-state index contributed by atoms with van der Waals surface area (Å²) in [4.78, 5) is 23.5. The number of nitrogens with one attached hydrogen (secondary N) is 2. The van der Waals surface area contributed by atoms with E-state index in [0.29, 0.717) is 23.2 Å². The third-order valence-electron chi connectivity index (χ3n) is 3.45. The number of anilines is 2. The number of benzene rings is 2. The molecule has 130 valence electrons. The van der Waals surface area contributed by atoms with E-state index in [4.69, 9.17) is 9.47 Å². The van der Waals surface area contributed by atoms with E-state index in [1.807, 2.05) is 0 Å². The van der Waals surface area contributed by atoms with Crippen molar-refractivity contribution in [3.63, 3.8) is 0 Å². The lowest BCUT2D eigenvalue weighted by molar-refractivity contribution is -0.122. The van der Waals surface area contributed by atoms with Crippen LogP contribution in [0.15, 0.2) is 36.4 Å². The van der Waals surface area contributed by atoms with E-state index in [-0.39, 0.29) is 11.7 Å². The van der Waals surface area contributed by atoms with Gasteiger partial charge in [0.2, 0.25) is 0 Å². The first kappa shape index (κ1) is 16.7. The van der Waals surface area contributed by atoms with Gasteiger partial charge in [0.05, 0.1) is 5.69 Å². The first-order valence-electron chi connectivity index (χ1n) is 7.41. The van der Waals surface area contributed by atoms with Gasteiger partial charge in [-0.1, -0.05) is 0 Å². The van der Waals surface area contributed by atoms with Crippen molar-refractivity contribution in [2.75, 3.05) is 17.2 Å². The van der Waals surface area contributed by atoms with Crippen LogP contribution in [-0.4, -0.2) is 24.5 Å². The van der Waals surface area contributed by atoms with Gasteiger partial charge in [0, 0.05) is 11.8 Å². The molecule has 2 aromatic rings. The zero-order valence-corrected chi connectivity index (χ0v) is 13.1. The summed E-state index contributed by atoms with van der Waals surface area (Å²) in [6.07, 6.45) is -0.591. The molecule has 1 unspecified atom stereocenters. The van der Waals surface area contributed by atoms with Gasteiger partial charge in [-0.2, -0.15) is 0 Å². The molecule has 0 fully saturated rings. The number of amides is 2. The molecule has 8 heteroatoms. The highest BCUT2D eigenvalue weighted by Crippen LogP contribution is 2.32. The minimum absolute atomic E-state index is 0.225. The molecule has 0 radical (unpaired) electrons. The molecule has 1 aliphatic heterocycles. The fourth-order valence-corrected chi connectivity index (χ4v) is 2.22. The van der Waals surface area contributed by atoms with Crippen molar-refractivity contribution in [3.8, 4) is 11.5 Å². The van der Waals surface area contributed by atoms with Crippen LogP contribution in [0.3, 0.4) is 0 Å². The Morgan fingerprint density at radius 3 is 2.84 bits per heavy atom. The van der Waals surface area contributed by atoms with Crippen molar-refractivity contribution in [2.45, 2.75) is 13.0 Å². The summed E-state index contributed by atoms with van der Waals surface area (Å²) in [5, 5.41) is 5.21. The van der Waals surface area contributed by atoms with E-state index in [9.17, 15) is 18.4 Å². The van der Waals surface area contributed by atoms with Crippen molar-refractivity contribution in [2.24, 2.45) is 0 Å². The van der Waals surface area contributed by atoms with Crippen LogP contribution < -0.4 is 20.1 Å². The molecule has 2 amide bonds. The van der Waals surface area contributed by atoms with E-state index in [0.717, 1.165) is 12.1 Å². The average molecular weight is 348 g/mol. The molecule has 1 aliphatic rings. The summed E-state index contributed by atoms with van der Waals surface area (Å²) in [5.74, 6) is -2.19. The SMILES string of the molecule is CC1Oc2ccc(NC(=O)COc3ccc(F)cc3F)cc2NC1=O. The van der Waals surface area contributed by atoms with Crippen molar-refractivity contribution in [1.29, 1.82) is 0 Å². The van der Waals surface area contributed by atoms with Crippen LogP contribution in [0.5, 0.6) is 11.5 Å². The van der Waals surface area contributed by atoms with E-state index >= 15 is 0 Å². The lowest BCUT2D eigenvalue weighted by Gasteiger charge is -2.23. The zero-order valence-electron chi connectivity index (χ0n) is 13.1. The van der Waals surface area contributed by atoms with Gasteiger partial charge < -0.3 is 20.1 Å². The van der Waals surface area contributed by atoms with Crippen molar-refractivity contribution >= 4 is 23.2 Å². The summed E-state index contributed by atoms with van der Waals surface area (Å²) >= 11 is 0. The van der Waals surface area contributed by atoms with Crippen molar-refractivity contribution < 1.29 is 27.8 Å². The fraction of sp³-hybridized carbons (Fsp3) is 0.176. The number of ether oxygens (including phenoxy) is 2. The highest BCUT2D eigenvalue weighted by Gasteiger charge is 2.23. The van der Waals surface area contributed by atoms with Crippen LogP contribution in [0.4, 0.5) is 20.2 Å². The molecule has 0 saturated heterocycles. The second kappa shape index (κ2) is 6.76. The Morgan fingerprint density at radius 1 is 1.28 bits per heavy atom. The highest BCUT2D eigenvalue weighted by atomic mass is 19.1. The van der Waals surface area contributed by atoms with Gasteiger partial charge in [0.15, 0.2) is 24.3 Å². The molecule has 0 bridgehead atoms. The maximum Gasteiger partial charge on any atom is 0.265 e. The standard InChI is InChI=1S/C17H14F2N2O4/c1-9-17(23)21-13-7-11(3-5-15(13)25-9)20-16(22)8-24-14-4-2-10(18)6-12(14)19/h2-7,9H,8H2,1H3,(H,20,22)(H,21,23). The van der Waals surface area contributed by atoms with Gasteiger partial charge in [0.1, 0.15) is 11.6 Å². The zero-order chi connectivity index (χ0) is 18.0. The molecule has 1 atom stereocenters. The highest BCUT2D eigenvalue weighted by molar-refractivity contribution is 5.99. The van der Waals surface area contributed by atoms with Crippen LogP contribution in [-0.2, 0) is 9.59 Å². The monoisotopic (exact) mass is 348 g/mol. The quantitative estimate of drug-likeness (QED) is 0.891. The van der Waals surface area contributed by atoms with E-state index < -0.39 is 30.3 Å². The minimum Gasteiger partial charge on any atom is -0.481 e. The van der Waals surface area contributed by atoms with Gasteiger partial charge in [-0.3, -0.25) is 9.59 Å². The van der Waals surface area contributed by atoms with Gasteiger partial charge in [-0.05, 0) is 37.3 Å². The first-order valence-corrected chi connectivity index (χ1v) is 7.41. The number of rotatable bonds is 4. The summed E-state index contributed by atoms with van der Waals surface area (Å²) in [6.45, 7) is 1.17. The number of hydrogen-bond donors (Lipinski definition) is 2. The Labute approximate surface area is 141 Å². The second-order valence-corrected chi connectivity index (χ2v) is 5.37. The molecule has 1 heterocycles. The van der Waals surface area contributed by atoms with E-state index in [1.54, 1.807) is 19.1 Å². The van der Waals surface area contributed by atoms with Crippen molar-refractivity contribution in [1.82, 2.24) is 0 Å². The Hall–Kier alpha value is -3.16. The third-order valence-corrected chi connectivity index (χ3v) is 3.45. The number of carbonyl (C=O) groups excluding carboxylic acids is 2. The van der Waals surface area contributed by atoms with E-state index in [2.05, 4.69) is 10.6 Å². The molecule has 0 aromatic heterocycles. The second-order valence-electron chi connectivity index (χ2n) is 5.37. The predicted octanol–water partition coefficient (Wildman–Crippen LogP) is 2.70. The molecule has 0 aliphatic carbocycles. The molecule has 25 heavy (non-hydrogen) atoms. The topological polar surface area (TPSA) is 76.7 Å². The first-order chi connectivity index (χ1) is 11.9. The lowest BCUT2D eigenvalue weighted by atomic mass is 10.2. The van der Waals surface area contributed by atoms with Crippen LogP contribution >= 0.6 is 0 Å². The average Bonchev–Trinajstić information content (AvgIpc) is 2.55.